The third-order valence-corrected chi connectivity index (χ3v) is 3.78. The third kappa shape index (κ3) is 4.24. The molecule has 2 heterocycles. The highest BCUT2D eigenvalue weighted by Gasteiger charge is 2.23. The van der Waals surface area contributed by atoms with E-state index in [0.29, 0.717) is 25.0 Å². The highest BCUT2D eigenvalue weighted by molar-refractivity contribution is 7.13. The van der Waals surface area contributed by atoms with Crippen LogP contribution in [0.3, 0.4) is 0 Å². The third-order valence-electron chi connectivity index (χ3n) is 3.00. The molecule has 112 valence electrons. The van der Waals surface area contributed by atoms with Gasteiger partial charge < -0.3 is 14.8 Å². The molecule has 1 aliphatic heterocycles. The van der Waals surface area contributed by atoms with Crippen molar-refractivity contribution in [3.8, 4) is 0 Å². The van der Waals surface area contributed by atoms with Gasteiger partial charge in [-0.3, -0.25) is 10.1 Å². The van der Waals surface area contributed by atoms with Gasteiger partial charge in [-0.1, -0.05) is 6.92 Å². The maximum absolute atomic E-state index is 12.0. The summed E-state index contributed by atoms with van der Waals surface area (Å²) < 4.78 is 10.6. The summed E-state index contributed by atoms with van der Waals surface area (Å²) in [5.41, 5.74) is 0.944. The molecule has 1 amide bonds. The van der Waals surface area contributed by atoms with Crippen LogP contribution in [0.2, 0.25) is 0 Å². The molecule has 20 heavy (non-hydrogen) atoms. The number of ether oxygens (including phenoxy) is 2. The van der Waals surface area contributed by atoms with Gasteiger partial charge in [-0.2, -0.15) is 0 Å². The van der Waals surface area contributed by atoms with Crippen LogP contribution in [-0.2, 0) is 14.3 Å². The summed E-state index contributed by atoms with van der Waals surface area (Å²) in [7, 11) is 0. The summed E-state index contributed by atoms with van der Waals surface area (Å²) in [6.45, 7) is 6.45. The van der Waals surface area contributed by atoms with Gasteiger partial charge in [0, 0.05) is 11.4 Å². The van der Waals surface area contributed by atoms with Crippen LogP contribution in [0, 0.1) is 0 Å². The minimum Gasteiger partial charge on any atom is -0.376 e. The minimum absolute atomic E-state index is 0.186. The Morgan fingerprint density at radius 2 is 2.45 bits per heavy atom. The van der Waals surface area contributed by atoms with Crippen molar-refractivity contribution in [2.45, 2.75) is 32.4 Å². The zero-order valence-electron chi connectivity index (χ0n) is 11.8. The lowest BCUT2D eigenvalue weighted by molar-refractivity contribution is -0.142. The van der Waals surface area contributed by atoms with E-state index in [1.165, 1.54) is 11.3 Å². The molecule has 2 unspecified atom stereocenters. The Kier molecular flexibility index (Phi) is 5.90. The molecular formula is C13H21N3O3S. The number of rotatable bonds is 6. The zero-order chi connectivity index (χ0) is 14.4. The number of anilines is 1. The van der Waals surface area contributed by atoms with Gasteiger partial charge in [0.2, 0.25) is 0 Å². The Labute approximate surface area is 122 Å². The second-order valence-corrected chi connectivity index (χ2v) is 5.54. The first-order valence-electron chi connectivity index (χ1n) is 6.89. The van der Waals surface area contributed by atoms with Crippen LogP contribution in [0.25, 0.3) is 0 Å². The number of amides is 1. The molecule has 2 rings (SSSR count). The lowest BCUT2D eigenvalue weighted by Crippen LogP contribution is -2.39. The van der Waals surface area contributed by atoms with Crippen molar-refractivity contribution in [1.82, 2.24) is 10.3 Å². The lowest BCUT2D eigenvalue weighted by atomic mass is 10.2. The number of aromatic nitrogens is 1. The second kappa shape index (κ2) is 7.68. The fourth-order valence-corrected chi connectivity index (χ4v) is 2.64. The van der Waals surface area contributed by atoms with E-state index in [1.54, 1.807) is 0 Å². The van der Waals surface area contributed by atoms with E-state index < -0.39 is 6.10 Å². The molecule has 2 atom stereocenters. The van der Waals surface area contributed by atoms with Gasteiger partial charge in [0.25, 0.3) is 5.91 Å². The standard InChI is InChI=1S/C13H21N3O3S/c1-3-4-14-9(2)10-8-20-13(15-10)16-12(17)11-7-18-5-6-19-11/h8-9,11,14H,3-7H2,1-2H3,(H,15,16,17). The van der Waals surface area contributed by atoms with Gasteiger partial charge >= 0.3 is 0 Å². The van der Waals surface area contributed by atoms with E-state index in [0.717, 1.165) is 18.7 Å². The zero-order valence-corrected chi connectivity index (χ0v) is 12.7. The van der Waals surface area contributed by atoms with Gasteiger partial charge in [-0.15, -0.1) is 11.3 Å². The second-order valence-electron chi connectivity index (χ2n) is 4.68. The van der Waals surface area contributed by atoms with E-state index in [2.05, 4.69) is 29.5 Å². The van der Waals surface area contributed by atoms with E-state index in [9.17, 15) is 4.79 Å². The first kappa shape index (κ1) is 15.4. The van der Waals surface area contributed by atoms with Gasteiger partial charge in [0.05, 0.1) is 25.5 Å². The van der Waals surface area contributed by atoms with Crippen molar-refractivity contribution in [1.29, 1.82) is 0 Å². The Morgan fingerprint density at radius 3 is 3.15 bits per heavy atom. The largest absolute Gasteiger partial charge is 0.376 e. The van der Waals surface area contributed by atoms with Crippen LogP contribution < -0.4 is 10.6 Å². The molecule has 0 spiro atoms. The fraction of sp³-hybridized carbons (Fsp3) is 0.692. The van der Waals surface area contributed by atoms with Gasteiger partial charge in [0.15, 0.2) is 11.2 Å². The van der Waals surface area contributed by atoms with E-state index >= 15 is 0 Å². The highest BCUT2D eigenvalue weighted by Crippen LogP contribution is 2.21. The van der Waals surface area contributed by atoms with Gasteiger partial charge in [-0.05, 0) is 19.9 Å². The van der Waals surface area contributed by atoms with Crippen molar-refractivity contribution in [2.24, 2.45) is 0 Å². The summed E-state index contributed by atoms with van der Waals surface area (Å²) >= 11 is 1.42. The summed E-state index contributed by atoms with van der Waals surface area (Å²) in [6, 6.07) is 0.186. The van der Waals surface area contributed by atoms with E-state index in [4.69, 9.17) is 9.47 Å². The van der Waals surface area contributed by atoms with Crippen LogP contribution >= 0.6 is 11.3 Å². The Morgan fingerprint density at radius 1 is 1.60 bits per heavy atom. The Bertz CT molecular complexity index is 432. The maximum atomic E-state index is 12.0. The van der Waals surface area contributed by atoms with Crippen LogP contribution in [0.5, 0.6) is 0 Å². The Balaban J connectivity index is 1.86. The number of carbonyl (C=O) groups excluding carboxylic acids is 1. The van der Waals surface area contributed by atoms with Crippen molar-refractivity contribution < 1.29 is 14.3 Å². The van der Waals surface area contributed by atoms with Crippen LogP contribution in [0.4, 0.5) is 5.13 Å². The number of carbonyl (C=O) groups is 1. The summed E-state index contributed by atoms with van der Waals surface area (Å²) in [4.78, 5) is 16.4. The van der Waals surface area contributed by atoms with Crippen LogP contribution in [-0.4, -0.2) is 43.4 Å². The summed E-state index contributed by atoms with van der Waals surface area (Å²) in [6.07, 6.45) is 0.545. The smallest absolute Gasteiger partial charge is 0.257 e. The fourth-order valence-electron chi connectivity index (χ4n) is 1.83. The molecule has 0 aliphatic carbocycles. The lowest BCUT2D eigenvalue weighted by Gasteiger charge is -2.21. The molecule has 2 N–H and O–H groups in total. The normalized spacial score (nSPS) is 20.6. The molecule has 1 aromatic rings. The molecule has 1 aliphatic rings. The molecular weight excluding hydrogens is 278 g/mol. The number of thiazole rings is 1. The van der Waals surface area contributed by atoms with Crippen molar-refractivity contribution >= 4 is 22.4 Å². The predicted molar refractivity (Wildman–Crippen MR) is 78.0 cm³/mol. The van der Waals surface area contributed by atoms with Crippen molar-refractivity contribution in [3.05, 3.63) is 11.1 Å². The maximum Gasteiger partial charge on any atom is 0.257 e. The molecule has 0 saturated carbocycles. The molecule has 1 saturated heterocycles. The van der Waals surface area contributed by atoms with Crippen LogP contribution in [0.15, 0.2) is 5.38 Å². The summed E-state index contributed by atoms with van der Waals surface area (Å²) in [5, 5.41) is 8.70. The molecule has 7 heteroatoms. The molecule has 0 bridgehead atoms. The quantitative estimate of drug-likeness (QED) is 0.834. The van der Waals surface area contributed by atoms with Crippen molar-refractivity contribution in [3.63, 3.8) is 0 Å². The molecule has 0 radical (unpaired) electrons. The monoisotopic (exact) mass is 299 g/mol. The van der Waals surface area contributed by atoms with E-state index in [1.807, 2.05) is 5.38 Å². The van der Waals surface area contributed by atoms with Crippen LogP contribution in [0.1, 0.15) is 32.0 Å². The van der Waals surface area contributed by atoms with Gasteiger partial charge in [-0.25, -0.2) is 4.98 Å². The predicted octanol–water partition coefficient (Wildman–Crippen LogP) is 1.56. The first-order chi connectivity index (χ1) is 9.70. The molecule has 1 fully saturated rings. The molecule has 6 nitrogen and oxygen atoms in total. The topological polar surface area (TPSA) is 72.5 Å². The number of hydrogen-bond acceptors (Lipinski definition) is 6. The summed E-state index contributed by atoms with van der Waals surface area (Å²) in [5.74, 6) is -0.195. The van der Waals surface area contributed by atoms with E-state index in [-0.39, 0.29) is 11.9 Å². The number of nitrogens with zero attached hydrogens (tertiary/aromatic N) is 1. The Hall–Kier alpha value is -1.02. The average Bonchev–Trinajstić information content (AvgIpc) is 2.94. The average molecular weight is 299 g/mol. The number of hydrogen-bond donors (Lipinski definition) is 2. The molecule has 1 aromatic heterocycles. The minimum atomic E-state index is -0.535. The first-order valence-corrected chi connectivity index (χ1v) is 7.77. The number of nitrogens with one attached hydrogen (secondary N) is 2. The molecule has 0 aromatic carbocycles. The van der Waals surface area contributed by atoms with Crippen molar-refractivity contribution in [2.75, 3.05) is 31.7 Å². The van der Waals surface area contributed by atoms with Gasteiger partial charge in [0.1, 0.15) is 0 Å². The SMILES string of the molecule is CCCNC(C)c1csc(NC(=O)C2COCCO2)n1. The highest BCUT2D eigenvalue weighted by atomic mass is 32.1.